The molecule has 0 radical (unpaired) electrons. The first-order chi connectivity index (χ1) is 15.1. The fraction of sp³-hybridized carbons (Fsp3) is 0.200. The van der Waals surface area contributed by atoms with Crippen LogP contribution in [-0.4, -0.2) is 4.92 Å². The summed E-state index contributed by atoms with van der Waals surface area (Å²) in [5, 5.41) is 14.2. The zero-order chi connectivity index (χ0) is 21.4. The molecule has 0 unspecified atom stereocenters. The van der Waals surface area contributed by atoms with Crippen LogP contribution in [0.4, 0.5) is 15.8 Å². The van der Waals surface area contributed by atoms with E-state index in [1.807, 2.05) is 30.3 Å². The molecule has 3 atom stereocenters. The highest BCUT2D eigenvalue weighted by Gasteiger charge is 2.38. The predicted octanol–water partition coefficient (Wildman–Crippen LogP) is 6.14. The third-order valence-corrected chi connectivity index (χ3v) is 6.14. The van der Waals surface area contributed by atoms with Gasteiger partial charge < -0.3 is 10.1 Å². The van der Waals surface area contributed by atoms with E-state index < -0.39 is 4.92 Å². The molecule has 0 fully saturated rings. The van der Waals surface area contributed by atoms with Gasteiger partial charge in [-0.25, -0.2) is 4.39 Å². The van der Waals surface area contributed by atoms with Gasteiger partial charge in [-0.2, -0.15) is 0 Å². The third kappa shape index (κ3) is 3.65. The van der Waals surface area contributed by atoms with Gasteiger partial charge in [-0.15, -0.1) is 0 Å². The molecule has 0 saturated heterocycles. The minimum Gasteiger partial charge on any atom is -0.489 e. The Balaban J connectivity index is 1.31. The Morgan fingerprint density at radius 3 is 2.58 bits per heavy atom. The molecular weight excluding hydrogens is 395 g/mol. The number of hydrogen-bond donors (Lipinski definition) is 1. The van der Waals surface area contributed by atoms with E-state index in [0.29, 0.717) is 24.0 Å². The molecule has 3 aromatic rings. The van der Waals surface area contributed by atoms with Crippen molar-refractivity contribution in [2.24, 2.45) is 5.92 Å². The van der Waals surface area contributed by atoms with E-state index >= 15 is 0 Å². The number of nitrogens with zero attached hydrogens (tertiary/aromatic N) is 1. The summed E-state index contributed by atoms with van der Waals surface area (Å²) in [6.07, 6.45) is 5.33. The number of hydrogen-bond acceptors (Lipinski definition) is 4. The smallest absolute Gasteiger partial charge is 0.269 e. The Labute approximate surface area is 179 Å². The van der Waals surface area contributed by atoms with Gasteiger partial charge in [0.2, 0.25) is 0 Å². The number of anilines is 1. The van der Waals surface area contributed by atoms with E-state index in [9.17, 15) is 14.5 Å². The second-order valence-corrected chi connectivity index (χ2v) is 7.96. The van der Waals surface area contributed by atoms with Crippen LogP contribution >= 0.6 is 0 Å². The van der Waals surface area contributed by atoms with Crippen molar-refractivity contribution in [2.45, 2.75) is 25.0 Å². The third-order valence-electron chi connectivity index (χ3n) is 6.14. The van der Waals surface area contributed by atoms with Crippen molar-refractivity contribution in [1.29, 1.82) is 0 Å². The molecule has 1 N–H and O–H groups in total. The van der Waals surface area contributed by atoms with E-state index in [4.69, 9.17) is 4.74 Å². The van der Waals surface area contributed by atoms with Gasteiger partial charge in [-0.3, -0.25) is 10.1 Å². The van der Waals surface area contributed by atoms with E-state index in [0.717, 1.165) is 23.1 Å². The van der Waals surface area contributed by atoms with E-state index in [2.05, 4.69) is 17.5 Å². The number of benzene rings is 3. The number of nitro groups is 1. The van der Waals surface area contributed by atoms with Crippen LogP contribution in [0.2, 0.25) is 0 Å². The average molecular weight is 416 g/mol. The highest BCUT2D eigenvalue weighted by Crippen LogP contribution is 2.50. The zero-order valence-corrected chi connectivity index (χ0v) is 16.7. The van der Waals surface area contributed by atoms with Crippen molar-refractivity contribution >= 4 is 11.4 Å². The van der Waals surface area contributed by atoms with E-state index in [-0.39, 0.29) is 23.5 Å². The Kier molecular flexibility index (Phi) is 4.90. The predicted molar refractivity (Wildman–Crippen MR) is 117 cm³/mol. The summed E-state index contributed by atoms with van der Waals surface area (Å²) in [6, 6.07) is 19.5. The summed E-state index contributed by atoms with van der Waals surface area (Å²) in [6.45, 7) is 0.326. The van der Waals surface area contributed by atoms with Gasteiger partial charge in [0.1, 0.15) is 18.2 Å². The number of rotatable bonds is 5. The summed E-state index contributed by atoms with van der Waals surface area (Å²) in [4.78, 5) is 10.3. The minimum absolute atomic E-state index is 0.0214. The lowest BCUT2D eigenvalue weighted by atomic mass is 9.77. The van der Waals surface area contributed by atoms with Crippen LogP contribution in [0.25, 0.3) is 0 Å². The van der Waals surface area contributed by atoms with Gasteiger partial charge in [-0.1, -0.05) is 36.4 Å². The summed E-state index contributed by atoms with van der Waals surface area (Å²) in [5.74, 6) is 1.06. The Hall–Kier alpha value is -3.67. The van der Waals surface area contributed by atoms with Crippen molar-refractivity contribution < 1.29 is 14.1 Å². The SMILES string of the molecule is O=[N+]([O-])c1ccc(COc2ccc([C@@H]3Nc4c(F)cccc4[C@@H]4C=CC[C@@H]43)cc2)cc1. The molecule has 2 aliphatic rings. The molecule has 5 rings (SSSR count). The molecule has 0 amide bonds. The van der Waals surface area contributed by atoms with Crippen LogP contribution in [0, 0.1) is 21.8 Å². The van der Waals surface area contributed by atoms with Gasteiger partial charge >= 0.3 is 0 Å². The number of allylic oxidation sites excluding steroid dienone is 2. The average Bonchev–Trinajstić information content (AvgIpc) is 3.29. The first-order valence-electron chi connectivity index (χ1n) is 10.3. The summed E-state index contributed by atoms with van der Waals surface area (Å²) in [7, 11) is 0. The maximum atomic E-state index is 14.5. The van der Waals surface area contributed by atoms with Crippen molar-refractivity contribution in [3.63, 3.8) is 0 Å². The first-order valence-corrected chi connectivity index (χ1v) is 10.3. The second kappa shape index (κ2) is 7.87. The lowest BCUT2D eigenvalue weighted by Gasteiger charge is -2.37. The topological polar surface area (TPSA) is 64.4 Å². The normalized spacial score (nSPS) is 21.1. The van der Waals surface area contributed by atoms with E-state index in [1.54, 1.807) is 18.2 Å². The molecule has 6 heteroatoms. The second-order valence-electron chi connectivity index (χ2n) is 7.96. The van der Waals surface area contributed by atoms with Gasteiger partial charge in [0.25, 0.3) is 5.69 Å². The number of non-ortho nitro benzene ring substituents is 1. The van der Waals surface area contributed by atoms with Crippen molar-refractivity contribution in [3.05, 3.63) is 112 Å². The molecular formula is C25H21FN2O3. The van der Waals surface area contributed by atoms with Gasteiger partial charge in [0.05, 0.1) is 16.7 Å². The van der Waals surface area contributed by atoms with Gasteiger partial charge in [0.15, 0.2) is 0 Å². The van der Waals surface area contributed by atoms with Crippen molar-refractivity contribution in [1.82, 2.24) is 0 Å². The van der Waals surface area contributed by atoms with E-state index in [1.165, 1.54) is 18.2 Å². The highest BCUT2D eigenvalue weighted by molar-refractivity contribution is 5.60. The Morgan fingerprint density at radius 2 is 1.84 bits per heavy atom. The maximum Gasteiger partial charge on any atom is 0.269 e. The Morgan fingerprint density at radius 1 is 1.06 bits per heavy atom. The number of fused-ring (bicyclic) bond motifs is 3. The number of para-hydroxylation sites is 1. The largest absolute Gasteiger partial charge is 0.489 e. The molecule has 1 aliphatic heterocycles. The van der Waals surface area contributed by atoms with Crippen LogP contribution in [-0.2, 0) is 6.61 Å². The zero-order valence-electron chi connectivity index (χ0n) is 16.7. The van der Waals surface area contributed by atoms with Crippen molar-refractivity contribution in [3.8, 4) is 5.75 Å². The molecule has 156 valence electrons. The van der Waals surface area contributed by atoms with Crippen LogP contribution in [0.5, 0.6) is 5.75 Å². The quantitative estimate of drug-likeness (QED) is 0.308. The fourth-order valence-corrected chi connectivity index (χ4v) is 4.57. The summed E-state index contributed by atoms with van der Waals surface area (Å²) in [5.41, 5.74) is 3.63. The number of nitro benzene ring substituents is 1. The molecule has 5 nitrogen and oxygen atoms in total. The number of halogens is 1. The number of nitrogens with one attached hydrogen (secondary N) is 1. The van der Waals surface area contributed by atoms with Crippen LogP contribution in [0.1, 0.15) is 35.1 Å². The molecule has 0 aromatic heterocycles. The first kappa shape index (κ1) is 19.3. The maximum absolute atomic E-state index is 14.5. The lowest BCUT2D eigenvalue weighted by Crippen LogP contribution is -2.29. The summed E-state index contributed by atoms with van der Waals surface area (Å²) < 4.78 is 20.3. The van der Waals surface area contributed by atoms with Crippen LogP contribution in [0.15, 0.2) is 78.9 Å². The molecule has 0 saturated carbocycles. The van der Waals surface area contributed by atoms with Gasteiger partial charge in [-0.05, 0) is 59.4 Å². The molecule has 1 aliphatic carbocycles. The molecule has 1 heterocycles. The summed E-state index contributed by atoms with van der Waals surface area (Å²) >= 11 is 0. The van der Waals surface area contributed by atoms with Crippen LogP contribution < -0.4 is 10.1 Å². The number of ether oxygens (including phenoxy) is 1. The molecule has 3 aromatic carbocycles. The minimum atomic E-state index is -0.419. The van der Waals surface area contributed by atoms with Gasteiger partial charge in [0, 0.05) is 18.1 Å². The van der Waals surface area contributed by atoms with Crippen LogP contribution in [0.3, 0.4) is 0 Å². The van der Waals surface area contributed by atoms with Crippen molar-refractivity contribution in [2.75, 3.05) is 5.32 Å². The molecule has 0 bridgehead atoms. The molecule has 31 heavy (non-hydrogen) atoms. The fourth-order valence-electron chi connectivity index (χ4n) is 4.57. The standard InChI is InChI=1S/C25H21FN2O3/c26-23-6-2-5-22-20-3-1-4-21(20)24(27-25(22)23)17-9-13-19(14-10-17)31-15-16-7-11-18(12-8-16)28(29)30/h1-3,5-14,20-21,24,27H,4,15H2/t20-,21+,24+/m1/s1. The molecule has 0 spiro atoms. The Bertz CT molecular complexity index is 1140. The lowest BCUT2D eigenvalue weighted by molar-refractivity contribution is -0.384. The highest BCUT2D eigenvalue weighted by atomic mass is 19.1. The monoisotopic (exact) mass is 416 g/mol.